The first kappa shape index (κ1) is 14.9. The molecule has 1 atom stereocenters. The molecule has 0 spiro atoms. The fourth-order valence-electron chi connectivity index (χ4n) is 2.42. The number of para-hydroxylation sites is 1. The van der Waals surface area contributed by atoms with Crippen molar-refractivity contribution in [3.05, 3.63) is 29.8 Å². The lowest BCUT2D eigenvalue weighted by atomic mass is 9.97. The Hall–Kier alpha value is -1.55. The van der Waals surface area contributed by atoms with Gasteiger partial charge in [0.2, 0.25) is 5.91 Å². The average molecular weight is 276 g/mol. The summed E-state index contributed by atoms with van der Waals surface area (Å²) < 4.78 is 5.86. The number of amides is 1. The molecule has 1 aliphatic heterocycles. The second kappa shape index (κ2) is 7.29. The summed E-state index contributed by atoms with van der Waals surface area (Å²) in [5.41, 5.74) is 1.11. The molecule has 20 heavy (non-hydrogen) atoms. The number of ether oxygens (including phenoxy) is 1. The average Bonchev–Trinajstić information content (AvgIpc) is 2.48. The quantitative estimate of drug-likeness (QED) is 0.863. The van der Waals surface area contributed by atoms with Crippen molar-refractivity contribution in [2.45, 2.75) is 32.8 Å². The van der Waals surface area contributed by atoms with Gasteiger partial charge in [0, 0.05) is 5.92 Å². The Morgan fingerprint density at radius 3 is 2.80 bits per heavy atom. The molecule has 0 aliphatic carbocycles. The molecule has 0 bridgehead atoms. The number of nitrogens with one attached hydrogen (secondary N) is 2. The number of aryl methyl sites for hydroxylation is 1. The summed E-state index contributed by atoms with van der Waals surface area (Å²) in [7, 11) is 0. The van der Waals surface area contributed by atoms with Crippen molar-refractivity contribution in [3.8, 4) is 5.75 Å². The Morgan fingerprint density at radius 2 is 2.10 bits per heavy atom. The lowest BCUT2D eigenvalue weighted by Crippen LogP contribution is -2.41. The molecule has 1 unspecified atom stereocenters. The van der Waals surface area contributed by atoms with E-state index in [1.807, 2.05) is 38.1 Å². The minimum atomic E-state index is -0.0261. The van der Waals surface area contributed by atoms with E-state index in [2.05, 4.69) is 10.6 Å². The molecule has 4 heteroatoms. The van der Waals surface area contributed by atoms with Gasteiger partial charge in [-0.25, -0.2) is 0 Å². The second-order valence-electron chi connectivity index (χ2n) is 5.46. The maximum Gasteiger partial charge on any atom is 0.223 e. The van der Waals surface area contributed by atoms with Crippen molar-refractivity contribution in [2.75, 3.05) is 19.6 Å². The molecule has 0 aromatic heterocycles. The summed E-state index contributed by atoms with van der Waals surface area (Å²) in [6, 6.07) is 7.94. The fourth-order valence-corrected chi connectivity index (χ4v) is 2.42. The molecule has 2 rings (SSSR count). The van der Waals surface area contributed by atoms with Gasteiger partial charge in [0.1, 0.15) is 11.9 Å². The Bertz CT molecular complexity index is 442. The van der Waals surface area contributed by atoms with Crippen LogP contribution in [0.5, 0.6) is 5.75 Å². The van der Waals surface area contributed by atoms with Crippen LogP contribution in [0.2, 0.25) is 0 Å². The van der Waals surface area contributed by atoms with Gasteiger partial charge in [0.05, 0.1) is 6.54 Å². The first-order valence-corrected chi connectivity index (χ1v) is 7.37. The molecular formula is C16H24N2O2. The van der Waals surface area contributed by atoms with Gasteiger partial charge in [0.25, 0.3) is 0 Å². The molecule has 1 aromatic carbocycles. The van der Waals surface area contributed by atoms with Crippen LogP contribution >= 0.6 is 0 Å². The minimum Gasteiger partial charge on any atom is -0.489 e. The van der Waals surface area contributed by atoms with Gasteiger partial charge in [-0.15, -0.1) is 0 Å². The zero-order valence-corrected chi connectivity index (χ0v) is 12.3. The van der Waals surface area contributed by atoms with Crippen LogP contribution in [0.25, 0.3) is 0 Å². The van der Waals surface area contributed by atoms with Gasteiger partial charge in [-0.1, -0.05) is 18.2 Å². The minimum absolute atomic E-state index is 0.0261. The third kappa shape index (κ3) is 4.23. The van der Waals surface area contributed by atoms with E-state index in [1.165, 1.54) is 0 Å². The fraction of sp³-hybridized carbons (Fsp3) is 0.562. The molecule has 4 nitrogen and oxygen atoms in total. The number of piperidine rings is 1. The highest BCUT2D eigenvalue weighted by Crippen LogP contribution is 2.17. The Labute approximate surface area is 120 Å². The Morgan fingerprint density at radius 1 is 1.40 bits per heavy atom. The van der Waals surface area contributed by atoms with Crippen molar-refractivity contribution in [1.29, 1.82) is 0 Å². The second-order valence-corrected chi connectivity index (χ2v) is 5.46. The van der Waals surface area contributed by atoms with Crippen LogP contribution in [0.4, 0.5) is 0 Å². The van der Waals surface area contributed by atoms with Crippen LogP contribution in [0.1, 0.15) is 25.3 Å². The van der Waals surface area contributed by atoms with E-state index in [1.54, 1.807) is 0 Å². The summed E-state index contributed by atoms with van der Waals surface area (Å²) in [4.78, 5) is 12.0. The van der Waals surface area contributed by atoms with Crippen LogP contribution in [-0.4, -0.2) is 31.6 Å². The number of carbonyl (C=O) groups is 1. The molecule has 1 saturated heterocycles. The van der Waals surface area contributed by atoms with E-state index in [9.17, 15) is 4.79 Å². The monoisotopic (exact) mass is 276 g/mol. The SMILES string of the molecule is Cc1ccccc1OC(C)CNC(=O)C1CCNCC1. The Kier molecular flexibility index (Phi) is 5.41. The molecule has 1 heterocycles. The van der Waals surface area contributed by atoms with Gasteiger partial charge < -0.3 is 15.4 Å². The van der Waals surface area contributed by atoms with Crippen molar-refractivity contribution in [3.63, 3.8) is 0 Å². The van der Waals surface area contributed by atoms with Crippen LogP contribution in [0.15, 0.2) is 24.3 Å². The lowest BCUT2D eigenvalue weighted by Gasteiger charge is -2.23. The van der Waals surface area contributed by atoms with E-state index in [-0.39, 0.29) is 17.9 Å². The summed E-state index contributed by atoms with van der Waals surface area (Å²) in [6.45, 7) is 6.43. The van der Waals surface area contributed by atoms with Gasteiger partial charge in [-0.2, -0.15) is 0 Å². The van der Waals surface area contributed by atoms with Crippen LogP contribution in [0.3, 0.4) is 0 Å². The van der Waals surface area contributed by atoms with Crippen LogP contribution in [0, 0.1) is 12.8 Å². The number of carbonyl (C=O) groups excluding carboxylic acids is 1. The Balaban J connectivity index is 1.76. The molecule has 1 amide bonds. The molecule has 110 valence electrons. The maximum atomic E-state index is 12.0. The lowest BCUT2D eigenvalue weighted by molar-refractivity contribution is -0.126. The number of benzene rings is 1. The van der Waals surface area contributed by atoms with E-state index >= 15 is 0 Å². The molecular weight excluding hydrogens is 252 g/mol. The zero-order valence-electron chi connectivity index (χ0n) is 12.3. The van der Waals surface area contributed by atoms with Gasteiger partial charge >= 0.3 is 0 Å². The van der Waals surface area contributed by atoms with Gasteiger partial charge in [-0.05, 0) is 51.4 Å². The largest absolute Gasteiger partial charge is 0.489 e. The maximum absolute atomic E-state index is 12.0. The summed E-state index contributed by atoms with van der Waals surface area (Å²) in [5.74, 6) is 1.20. The topological polar surface area (TPSA) is 50.4 Å². The van der Waals surface area contributed by atoms with E-state index in [0.29, 0.717) is 6.54 Å². The summed E-state index contributed by atoms with van der Waals surface area (Å²) in [6.07, 6.45) is 1.83. The van der Waals surface area contributed by atoms with Gasteiger partial charge in [-0.3, -0.25) is 4.79 Å². The van der Waals surface area contributed by atoms with E-state index in [4.69, 9.17) is 4.74 Å². The zero-order chi connectivity index (χ0) is 14.4. The number of hydrogen-bond acceptors (Lipinski definition) is 3. The molecule has 1 fully saturated rings. The van der Waals surface area contributed by atoms with Crippen molar-refractivity contribution in [2.24, 2.45) is 5.92 Å². The smallest absolute Gasteiger partial charge is 0.223 e. The van der Waals surface area contributed by atoms with E-state index in [0.717, 1.165) is 37.2 Å². The summed E-state index contributed by atoms with van der Waals surface area (Å²) in [5, 5.41) is 6.27. The standard InChI is InChI=1S/C16H24N2O2/c1-12-5-3-4-6-15(12)20-13(2)11-18-16(19)14-7-9-17-10-8-14/h3-6,13-14,17H,7-11H2,1-2H3,(H,18,19). The predicted molar refractivity (Wildman–Crippen MR) is 79.9 cm³/mol. The molecule has 1 aromatic rings. The third-order valence-corrected chi connectivity index (χ3v) is 3.70. The highest BCUT2D eigenvalue weighted by atomic mass is 16.5. The summed E-state index contributed by atoms with van der Waals surface area (Å²) >= 11 is 0. The molecule has 1 aliphatic rings. The van der Waals surface area contributed by atoms with Crippen molar-refractivity contribution in [1.82, 2.24) is 10.6 Å². The highest BCUT2D eigenvalue weighted by Gasteiger charge is 2.21. The third-order valence-electron chi connectivity index (χ3n) is 3.70. The first-order valence-electron chi connectivity index (χ1n) is 7.37. The molecule has 0 radical (unpaired) electrons. The highest BCUT2D eigenvalue weighted by molar-refractivity contribution is 5.78. The molecule has 0 saturated carbocycles. The predicted octanol–water partition coefficient (Wildman–Crippen LogP) is 1.88. The first-order chi connectivity index (χ1) is 9.66. The number of rotatable bonds is 5. The number of hydrogen-bond donors (Lipinski definition) is 2. The van der Waals surface area contributed by atoms with Crippen LogP contribution in [-0.2, 0) is 4.79 Å². The van der Waals surface area contributed by atoms with Gasteiger partial charge in [0.15, 0.2) is 0 Å². The van der Waals surface area contributed by atoms with E-state index < -0.39 is 0 Å². The normalized spacial score (nSPS) is 17.5. The van der Waals surface area contributed by atoms with Crippen molar-refractivity contribution >= 4 is 5.91 Å². The van der Waals surface area contributed by atoms with Crippen LogP contribution < -0.4 is 15.4 Å². The van der Waals surface area contributed by atoms with Crippen molar-refractivity contribution < 1.29 is 9.53 Å². The molecule has 2 N–H and O–H groups in total.